The summed E-state index contributed by atoms with van der Waals surface area (Å²) >= 11 is 0. The first-order chi connectivity index (χ1) is 9.91. The fraction of sp³-hybridized carbons (Fsp3) is 0.308. The van der Waals surface area contributed by atoms with Crippen LogP contribution in [0.25, 0.3) is 0 Å². The molecule has 0 atom stereocenters. The molecule has 8 heteroatoms. The van der Waals surface area contributed by atoms with Gasteiger partial charge in [-0.3, -0.25) is 4.68 Å². The molecular formula is C13H15F2N3O2S. The van der Waals surface area contributed by atoms with Crippen molar-refractivity contribution >= 4 is 15.5 Å². The molecular weight excluding hydrogens is 300 g/mol. The molecule has 2 rings (SSSR count). The second-order valence-corrected chi connectivity index (χ2v) is 6.39. The standard InChI is InChI=1S/C13H15F2N3O2S/c1-18-9-10(8-17-18)6-7-16-11-4-2-3-5-12(11)21(19,20)13(14)15/h2-5,8-9,13,16H,6-7H2,1H3. The summed E-state index contributed by atoms with van der Waals surface area (Å²) in [6.07, 6.45) is 4.14. The number of halogens is 2. The number of anilines is 1. The minimum Gasteiger partial charge on any atom is -0.384 e. The largest absolute Gasteiger partial charge is 0.384 e. The number of nitrogens with one attached hydrogen (secondary N) is 1. The van der Waals surface area contributed by atoms with E-state index in [9.17, 15) is 17.2 Å². The Morgan fingerprint density at radius 2 is 2.05 bits per heavy atom. The monoisotopic (exact) mass is 315 g/mol. The predicted octanol–water partition coefficient (Wildman–Crippen LogP) is 2.07. The number of rotatable bonds is 6. The van der Waals surface area contributed by atoms with Gasteiger partial charge in [0.25, 0.3) is 0 Å². The highest BCUT2D eigenvalue weighted by molar-refractivity contribution is 7.91. The quantitative estimate of drug-likeness (QED) is 0.886. The summed E-state index contributed by atoms with van der Waals surface area (Å²) < 4.78 is 50.1. The zero-order valence-electron chi connectivity index (χ0n) is 11.3. The lowest BCUT2D eigenvalue weighted by atomic mass is 10.2. The third kappa shape index (κ3) is 3.57. The molecule has 0 amide bonds. The first-order valence-corrected chi connectivity index (χ1v) is 7.78. The fourth-order valence-corrected chi connectivity index (χ4v) is 2.81. The minimum atomic E-state index is -4.61. The maximum atomic E-state index is 12.6. The van der Waals surface area contributed by atoms with Crippen molar-refractivity contribution in [2.75, 3.05) is 11.9 Å². The van der Waals surface area contributed by atoms with E-state index in [2.05, 4.69) is 10.4 Å². The van der Waals surface area contributed by atoms with Crippen molar-refractivity contribution < 1.29 is 17.2 Å². The molecule has 1 aromatic heterocycles. The highest BCUT2D eigenvalue weighted by atomic mass is 32.2. The molecule has 0 bridgehead atoms. The van der Waals surface area contributed by atoms with Crippen molar-refractivity contribution in [1.82, 2.24) is 9.78 Å². The lowest BCUT2D eigenvalue weighted by Gasteiger charge is -2.11. The molecule has 1 N–H and O–H groups in total. The molecule has 0 unspecified atom stereocenters. The summed E-state index contributed by atoms with van der Waals surface area (Å²) in [5.74, 6) is -3.43. The number of hydrogen-bond donors (Lipinski definition) is 1. The van der Waals surface area contributed by atoms with Crippen molar-refractivity contribution in [2.24, 2.45) is 7.05 Å². The summed E-state index contributed by atoms with van der Waals surface area (Å²) in [6, 6.07) is 5.66. The summed E-state index contributed by atoms with van der Waals surface area (Å²) in [6.45, 7) is 0.418. The van der Waals surface area contributed by atoms with E-state index in [4.69, 9.17) is 0 Å². The molecule has 0 aliphatic carbocycles. The number of sulfone groups is 1. The van der Waals surface area contributed by atoms with Gasteiger partial charge in [-0.15, -0.1) is 0 Å². The van der Waals surface area contributed by atoms with Gasteiger partial charge in [-0.05, 0) is 24.1 Å². The molecule has 0 fully saturated rings. The van der Waals surface area contributed by atoms with E-state index in [-0.39, 0.29) is 10.6 Å². The number of para-hydroxylation sites is 1. The Hall–Kier alpha value is -1.96. The number of hydrogen-bond acceptors (Lipinski definition) is 4. The van der Waals surface area contributed by atoms with Gasteiger partial charge in [0.05, 0.1) is 16.8 Å². The predicted molar refractivity (Wildman–Crippen MR) is 75.0 cm³/mol. The van der Waals surface area contributed by atoms with Crippen molar-refractivity contribution in [2.45, 2.75) is 17.1 Å². The topological polar surface area (TPSA) is 64.0 Å². The van der Waals surface area contributed by atoms with E-state index in [1.165, 1.54) is 18.2 Å². The Morgan fingerprint density at radius 1 is 1.33 bits per heavy atom. The number of alkyl halides is 2. The molecule has 1 heterocycles. The smallest absolute Gasteiger partial charge is 0.341 e. The van der Waals surface area contributed by atoms with Gasteiger partial charge < -0.3 is 5.32 Å². The number of nitrogens with zero attached hydrogens (tertiary/aromatic N) is 2. The normalized spacial score (nSPS) is 11.8. The number of aromatic nitrogens is 2. The van der Waals surface area contributed by atoms with Crippen LogP contribution in [0.4, 0.5) is 14.5 Å². The summed E-state index contributed by atoms with van der Waals surface area (Å²) in [5, 5.41) is 6.90. The zero-order valence-corrected chi connectivity index (χ0v) is 12.1. The van der Waals surface area contributed by atoms with Crippen molar-refractivity contribution in [3.63, 3.8) is 0 Å². The van der Waals surface area contributed by atoms with Crippen LogP contribution in [0.1, 0.15) is 5.56 Å². The second kappa shape index (κ2) is 6.21. The van der Waals surface area contributed by atoms with Crippen LogP contribution in [-0.2, 0) is 23.3 Å². The molecule has 5 nitrogen and oxygen atoms in total. The van der Waals surface area contributed by atoms with Gasteiger partial charge in [-0.2, -0.15) is 13.9 Å². The molecule has 2 aromatic rings. The zero-order chi connectivity index (χ0) is 15.5. The second-order valence-electron chi connectivity index (χ2n) is 4.50. The van der Waals surface area contributed by atoms with Gasteiger partial charge in [0.1, 0.15) is 0 Å². The van der Waals surface area contributed by atoms with Crippen LogP contribution < -0.4 is 5.32 Å². The van der Waals surface area contributed by atoms with Crippen LogP contribution in [0.3, 0.4) is 0 Å². The van der Waals surface area contributed by atoms with Gasteiger partial charge in [0.15, 0.2) is 0 Å². The molecule has 21 heavy (non-hydrogen) atoms. The van der Waals surface area contributed by atoms with Crippen LogP contribution in [0.15, 0.2) is 41.6 Å². The third-order valence-corrected chi connectivity index (χ3v) is 4.35. The van der Waals surface area contributed by atoms with E-state index in [0.717, 1.165) is 5.56 Å². The summed E-state index contributed by atoms with van der Waals surface area (Å²) in [4.78, 5) is -0.383. The Morgan fingerprint density at radius 3 is 2.67 bits per heavy atom. The molecule has 0 aliphatic heterocycles. The van der Waals surface area contributed by atoms with Gasteiger partial charge in [0.2, 0.25) is 9.84 Å². The first-order valence-electron chi connectivity index (χ1n) is 6.24. The lowest BCUT2D eigenvalue weighted by Crippen LogP contribution is -2.15. The van der Waals surface area contributed by atoms with Gasteiger partial charge >= 0.3 is 5.76 Å². The van der Waals surface area contributed by atoms with E-state index in [1.807, 2.05) is 6.20 Å². The summed E-state index contributed by atoms with van der Waals surface area (Å²) in [5.41, 5.74) is 1.15. The van der Waals surface area contributed by atoms with Crippen molar-refractivity contribution in [3.8, 4) is 0 Å². The Kier molecular flexibility index (Phi) is 4.56. The van der Waals surface area contributed by atoms with E-state index < -0.39 is 15.6 Å². The third-order valence-electron chi connectivity index (χ3n) is 2.92. The van der Waals surface area contributed by atoms with Gasteiger partial charge in [-0.25, -0.2) is 8.42 Å². The van der Waals surface area contributed by atoms with E-state index >= 15 is 0 Å². The van der Waals surface area contributed by atoms with Crippen LogP contribution in [-0.4, -0.2) is 30.5 Å². The van der Waals surface area contributed by atoms with Gasteiger partial charge in [-0.1, -0.05) is 12.1 Å². The highest BCUT2D eigenvalue weighted by Crippen LogP contribution is 2.25. The number of aryl methyl sites for hydroxylation is 1. The Balaban J connectivity index is 2.10. The average molecular weight is 315 g/mol. The maximum Gasteiger partial charge on any atom is 0.341 e. The van der Waals surface area contributed by atoms with E-state index in [0.29, 0.717) is 13.0 Å². The van der Waals surface area contributed by atoms with E-state index in [1.54, 1.807) is 24.0 Å². The SMILES string of the molecule is Cn1cc(CCNc2ccccc2S(=O)(=O)C(F)F)cn1. The molecule has 114 valence electrons. The van der Waals surface area contributed by atoms with Crippen LogP contribution in [0.5, 0.6) is 0 Å². The average Bonchev–Trinajstić information content (AvgIpc) is 2.85. The lowest BCUT2D eigenvalue weighted by molar-refractivity contribution is 0.235. The van der Waals surface area contributed by atoms with Crippen LogP contribution in [0, 0.1) is 0 Å². The Bertz CT molecular complexity index is 714. The molecule has 1 aromatic carbocycles. The van der Waals surface area contributed by atoms with Gasteiger partial charge in [0, 0.05) is 19.8 Å². The minimum absolute atomic E-state index is 0.182. The summed E-state index contributed by atoms with van der Waals surface area (Å²) in [7, 11) is -2.82. The van der Waals surface area contributed by atoms with Crippen molar-refractivity contribution in [1.29, 1.82) is 0 Å². The molecule has 0 aliphatic rings. The molecule has 0 radical (unpaired) electrons. The van der Waals surface area contributed by atoms with Crippen LogP contribution >= 0.6 is 0 Å². The fourth-order valence-electron chi connectivity index (χ4n) is 1.90. The highest BCUT2D eigenvalue weighted by Gasteiger charge is 2.28. The number of benzene rings is 1. The molecule has 0 saturated carbocycles. The Labute approximate surface area is 121 Å². The first kappa shape index (κ1) is 15.4. The van der Waals surface area contributed by atoms with Crippen LogP contribution in [0.2, 0.25) is 0 Å². The molecule has 0 saturated heterocycles. The van der Waals surface area contributed by atoms with Crippen molar-refractivity contribution in [3.05, 3.63) is 42.2 Å². The maximum absolute atomic E-state index is 12.6. The molecule has 0 spiro atoms.